The lowest BCUT2D eigenvalue weighted by Gasteiger charge is -2.26. The zero-order valence-corrected chi connectivity index (χ0v) is 11.6. The van der Waals surface area contributed by atoms with Crippen LogP contribution in [0.3, 0.4) is 0 Å². The fourth-order valence-electron chi connectivity index (χ4n) is 2.42. The second-order valence-electron chi connectivity index (χ2n) is 4.82. The molecule has 20 heavy (non-hydrogen) atoms. The van der Waals surface area contributed by atoms with E-state index in [0.717, 1.165) is 25.9 Å². The number of amidine groups is 1. The highest BCUT2D eigenvalue weighted by Gasteiger charge is 2.25. The summed E-state index contributed by atoms with van der Waals surface area (Å²) in [5.41, 5.74) is 6.67. The highest BCUT2D eigenvalue weighted by Crippen LogP contribution is 2.31. The molecule has 2 heterocycles. The molecule has 1 fully saturated rings. The first-order chi connectivity index (χ1) is 9.55. The highest BCUT2D eigenvalue weighted by molar-refractivity contribution is 7.91. The zero-order chi connectivity index (χ0) is 14.2. The number of hydrogen-bond acceptors (Lipinski definition) is 5. The van der Waals surface area contributed by atoms with Crippen LogP contribution in [-0.4, -0.2) is 33.4 Å². The van der Waals surface area contributed by atoms with Gasteiger partial charge in [-0.1, -0.05) is 6.07 Å². The molecule has 0 saturated carbocycles. The number of anilines is 1. The molecule has 108 valence electrons. The molecule has 3 rings (SSSR count). The summed E-state index contributed by atoms with van der Waals surface area (Å²) >= 11 is 0. The van der Waals surface area contributed by atoms with Gasteiger partial charge in [0.05, 0.1) is 11.3 Å². The van der Waals surface area contributed by atoms with Crippen molar-refractivity contribution in [1.82, 2.24) is 5.32 Å². The Hall–Kier alpha value is -1.80. The minimum absolute atomic E-state index is 0.0434. The Labute approximate surface area is 117 Å². The maximum Gasteiger partial charge on any atom is 0.344 e. The number of piperidine rings is 1. The van der Waals surface area contributed by atoms with Gasteiger partial charge in [0.1, 0.15) is 11.9 Å². The maximum atomic E-state index is 11.5. The van der Waals surface area contributed by atoms with Crippen molar-refractivity contribution in [3.63, 3.8) is 0 Å². The Morgan fingerprint density at radius 1 is 1.40 bits per heavy atom. The van der Waals surface area contributed by atoms with Crippen LogP contribution in [0.25, 0.3) is 0 Å². The SMILES string of the molecule is NC1=NS(=O)(=O)Nc2cccc(O[C@@H]3CCCNC3)c21. The second-order valence-corrected chi connectivity index (χ2v) is 6.16. The lowest BCUT2D eigenvalue weighted by molar-refractivity contribution is 0.167. The van der Waals surface area contributed by atoms with Crippen LogP contribution < -0.4 is 20.5 Å². The molecular formula is C12H16N4O3S. The number of fused-ring (bicyclic) bond motifs is 1. The molecule has 1 atom stereocenters. The Kier molecular flexibility index (Phi) is 3.27. The largest absolute Gasteiger partial charge is 0.488 e. The third-order valence-electron chi connectivity index (χ3n) is 3.29. The van der Waals surface area contributed by atoms with Gasteiger partial charge in [-0.15, -0.1) is 4.40 Å². The van der Waals surface area contributed by atoms with Gasteiger partial charge in [-0.3, -0.25) is 4.72 Å². The normalized spacial score (nSPS) is 24.2. The van der Waals surface area contributed by atoms with Crippen molar-refractivity contribution in [1.29, 1.82) is 0 Å². The van der Waals surface area contributed by atoms with E-state index < -0.39 is 10.2 Å². The van der Waals surface area contributed by atoms with E-state index in [-0.39, 0.29) is 11.9 Å². The average Bonchev–Trinajstić information content (AvgIpc) is 2.38. The van der Waals surface area contributed by atoms with Gasteiger partial charge in [0.25, 0.3) is 0 Å². The average molecular weight is 296 g/mol. The van der Waals surface area contributed by atoms with Crippen LogP contribution in [0.5, 0.6) is 5.75 Å². The Morgan fingerprint density at radius 2 is 2.25 bits per heavy atom. The minimum atomic E-state index is -3.75. The van der Waals surface area contributed by atoms with E-state index in [1.54, 1.807) is 18.2 Å². The van der Waals surface area contributed by atoms with Gasteiger partial charge < -0.3 is 15.8 Å². The van der Waals surface area contributed by atoms with Gasteiger partial charge in [0.15, 0.2) is 5.84 Å². The zero-order valence-electron chi connectivity index (χ0n) is 10.8. The molecule has 1 saturated heterocycles. The molecule has 0 aromatic heterocycles. The van der Waals surface area contributed by atoms with Crippen LogP contribution in [0.4, 0.5) is 5.69 Å². The van der Waals surface area contributed by atoms with Crippen molar-refractivity contribution in [3.8, 4) is 5.75 Å². The van der Waals surface area contributed by atoms with Gasteiger partial charge in [-0.2, -0.15) is 8.42 Å². The molecular weight excluding hydrogens is 280 g/mol. The lowest BCUT2D eigenvalue weighted by atomic mass is 10.1. The van der Waals surface area contributed by atoms with Crippen LogP contribution in [0.1, 0.15) is 18.4 Å². The van der Waals surface area contributed by atoms with Crippen LogP contribution in [0, 0.1) is 0 Å². The van der Waals surface area contributed by atoms with Crippen molar-refractivity contribution in [2.24, 2.45) is 10.1 Å². The number of hydrogen-bond donors (Lipinski definition) is 3. The summed E-state index contributed by atoms with van der Waals surface area (Å²) in [6.45, 7) is 1.77. The van der Waals surface area contributed by atoms with Crippen molar-refractivity contribution in [3.05, 3.63) is 23.8 Å². The molecule has 0 aliphatic carbocycles. The molecule has 0 amide bonds. The molecule has 0 bridgehead atoms. The number of nitrogens with one attached hydrogen (secondary N) is 2. The Bertz CT molecular complexity index is 651. The monoisotopic (exact) mass is 296 g/mol. The fraction of sp³-hybridized carbons (Fsp3) is 0.417. The molecule has 2 aliphatic heterocycles. The third kappa shape index (κ3) is 2.56. The van der Waals surface area contributed by atoms with Gasteiger partial charge in [-0.05, 0) is 31.5 Å². The summed E-state index contributed by atoms with van der Waals surface area (Å²) in [6.07, 6.45) is 2.07. The first kappa shape index (κ1) is 13.2. The molecule has 7 nitrogen and oxygen atoms in total. The van der Waals surface area contributed by atoms with Gasteiger partial charge in [0, 0.05) is 6.54 Å². The Balaban J connectivity index is 1.94. The summed E-state index contributed by atoms with van der Waals surface area (Å²) in [5.74, 6) is 0.512. The first-order valence-electron chi connectivity index (χ1n) is 6.44. The molecule has 0 radical (unpaired) electrons. The van der Waals surface area contributed by atoms with Crippen molar-refractivity contribution in [2.45, 2.75) is 18.9 Å². The number of ether oxygens (including phenoxy) is 1. The summed E-state index contributed by atoms with van der Waals surface area (Å²) < 4.78 is 34.7. The quantitative estimate of drug-likeness (QED) is 0.722. The van der Waals surface area contributed by atoms with E-state index in [9.17, 15) is 8.42 Å². The first-order valence-corrected chi connectivity index (χ1v) is 7.88. The summed E-state index contributed by atoms with van der Waals surface area (Å²) in [4.78, 5) is 0. The van der Waals surface area contributed by atoms with E-state index in [4.69, 9.17) is 10.5 Å². The van der Waals surface area contributed by atoms with Crippen LogP contribution in [0.15, 0.2) is 22.6 Å². The number of nitrogens with zero attached hydrogens (tertiary/aromatic N) is 1. The van der Waals surface area contributed by atoms with Gasteiger partial charge in [-0.25, -0.2) is 0 Å². The minimum Gasteiger partial charge on any atom is -0.488 e. The predicted molar refractivity (Wildman–Crippen MR) is 76.2 cm³/mol. The smallest absolute Gasteiger partial charge is 0.344 e. The maximum absolute atomic E-state index is 11.5. The van der Waals surface area contributed by atoms with E-state index in [2.05, 4.69) is 14.4 Å². The van der Waals surface area contributed by atoms with Gasteiger partial charge in [0.2, 0.25) is 0 Å². The standard InChI is InChI=1S/C12H16N4O3S/c13-12-11-9(15-20(17,18)16-12)4-1-5-10(11)19-8-3-2-6-14-7-8/h1,4-5,8,14-15H,2-3,6-7H2,(H2,13,16)/t8-/m1/s1. The predicted octanol–water partition coefficient (Wildman–Crippen LogP) is 0.193. The van der Waals surface area contributed by atoms with Crippen LogP contribution in [-0.2, 0) is 10.2 Å². The Morgan fingerprint density at radius 3 is 3.00 bits per heavy atom. The van der Waals surface area contributed by atoms with E-state index in [1.807, 2.05) is 0 Å². The van der Waals surface area contributed by atoms with Crippen molar-refractivity contribution >= 4 is 21.7 Å². The number of rotatable bonds is 2. The number of benzene rings is 1. The lowest BCUT2D eigenvalue weighted by Crippen LogP contribution is -2.37. The number of nitrogens with two attached hydrogens (primary N) is 1. The van der Waals surface area contributed by atoms with Crippen LogP contribution in [0.2, 0.25) is 0 Å². The van der Waals surface area contributed by atoms with Gasteiger partial charge >= 0.3 is 10.2 Å². The van der Waals surface area contributed by atoms with E-state index >= 15 is 0 Å². The highest BCUT2D eigenvalue weighted by atomic mass is 32.2. The third-order valence-corrected chi connectivity index (χ3v) is 4.20. The molecule has 0 unspecified atom stereocenters. The van der Waals surface area contributed by atoms with Crippen molar-refractivity contribution in [2.75, 3.05) is 17.8 Å². The topological polar surface area (TPSA) is 106 Å². The molecule has 8 heteroatoms. The molecule has 2 aliphatic rings. The molecule has 1 aromatic rings. The van der Waals surface area contributed by atoms with Crippen molar-refractivity contribution < 1.29 is 13.2 Å². The molecule has 0 spiro atoms. The van der Waals surface area contributed by atoms with Crippen LogP contribution >= 0.6 is 0 Å². The fourth-order valence-corrected chi connectivity index (χ4v) is 3.26. The molecule has 1 aromatic carbocycles. The summed E-state index contributed by atoms with van der Waals surface area (Å²) in [6, 6.07) is 5.14. The summed E-state index contributed by atoms with van der Waals surface area (Å²) in [5, 5.41) is 3.26. The summed E-state index contributed by atoms with van der Waals surface area (Å²) in [7, 11) is -3.75. The second kappa shape index (κ2) is 4.95. The van der Waals surface area contributed by atoms with E-state index in [1.165, 1.54) is 0 Å². The van der Waals surface area contributed by atoms with E-state index in [0.29, 0.717) is 17.0 Å². The molecule has 4 N–H and O–H groups in total.